The summed E-state index contributed by atoms with van der Waals surface area (Å²) in [7, 11) is 0.426. The fraction of sp³-hybridized carbons (Fsp3) is 0.421. The summed E-state index contributed by atoms with van der Waals surface area (Å²) in [5.74, 6) is 0. The van der Waals surface area contributed by atoms with Crippen LogP contribution in [0.25, 0.3) is 11.1 Å². The van der Waals surface area contributed by atoms with Crippen LogP contribution in [0.5, 0.6) is 0 Å². The molecule has 1 aromatic carbocycles. The minimum absolute atomic E-state index is 0.0253. The van der Waals surface area contributed by atoms with Crippen molar-refractivity contribution in [2.45, 2.75) is 45.0 Å². The molecule has 0 saturated carbocycles. The molecule has 0 aliphatic carbocycles. The SMILES string of the molecule is CC(NS(=O)C(C)(C)C)c1cc(-c2ccccc2CN(C)C(=O)O)cs1. The van der Waals surface area contributed by atoms with E-state index in [0.29, 0.717) is 6.54 Å². The Morgan fingerprint density at radius 3 is 2.62 bits per heavy atom. The van der Waals surface area contributed by atoms with Gasteiger partial charge in [0.05, 0.1) is 21.8 Å². The highest BCUT2D eigenvalue weighted by molar-refractivity contribution is 7.84. The van der Waals surface area contributed by atoms with Crippen molar-refractivity contribution in [1.29, 1.82) is 0 Å². The molecule has 0 bridgehead atoms. The lowest BCUT2D eigenvalue weighted by Crippen LogP contribution is -2.34. The van der Waals surface area contributed by atoms with Crippen LogP contribution in [0.3, 0.4) is 0 Å². The number of benzene rings is 1. The van der Waals surface area contributed by atoms with Crippen molar-refractivity contribution in [3.63, 3.8) is 0 Å². The van der Waals surface area contributed by atoms with Crippen LogP contribution in [0.4, 0.5) is 4.79 Å². The quantitative estimate of drug-likeness (QED) is 0.750. The number of hydrogen-bond acceptors (Lipinski definition) is 3. The first-order valence-electron chi connectivity index (χ1n) is 8.38. The molecule has 0 radical (unpaired) electrons. The van der Waals surface area contributed by atoms with E-state index in [2.05, 4.69) is 16.2 Å². The van der Waals surface area contributed by atoms with E-state index in [4.69, 9.17) is 5.11 Å². The van der Waals surface area contributed by atoms with Crippen LogP contribution in [0.1, 0.15) is 44.2 Å². The molecule has 0 spiro atoms. The second-order valence-corrected chi connectivity index (χ2v) is 10.2. The van der Waals surface area contributed by atoms with Crippen molar-refractivity contribution < 1.29 is 14.1 Å². The highest BCUT2D eigenvalue weighted by atomic mass is 32.2. The van der Waals surface area contributed by atoms with E-state index in [1.807, 2.05) is 52.0 Å². The molecule has 2 atom stereocenters. The van der Waals surface area contributed by atoms with Crippen LogP contribution >= 0.6 is 11.3 Å². The van der Waals surface area contributed by atoms with Crippen molar-refractivity contribution in [2.75, 3.05) is 7.05 Å². The van der Waals surface area contributed by atoms with E-state index in [1.54, 1.807) is 18.4 Å². The maximum atomic E-state index is 12.3. The average molecular weight is 395 g/mol. The maximum Gasteiger partial charge on any atom is 0.407 e. The monoisotopic (exact) mass is 394 g/mol. The van der Waals surface area contributed by atoms with Crippen LogP contribution in [0.15, 0.2) is 35.7 Å². The number of hydrogen-bond donors (Lipinski definition) is 2. The summed E-state index contributed by atoms with van der Waals surface area (Å²) in [6, 6.07) is 9.88. The van der Waals surface area contributed by atoms with Crippen LogP contribution in [-0.4, -0.2) is 32.1 Å². The Labute approximate surface area is 161 Å². The number of nitrogens with one attached hydrogen (secondary N) is 1. The first-order valence-corrected chi connectivity index (χ1v) is 10.4. The predicted octanol–water partition coefficient (Wildman–Crippen LogP) is 4.64. The number of carboxylic acid groups (broad SMARTS) is 1. The van der Waals surface area contributed by atoms with Gasteiger partial charge in [-0.3, -0.25) is 0 Å². The molecule has 1 amide bonds. The lowest BCUT2D eigenvalue weighted by Gasteiger charge is -2.21. The third-order valence-corrected chi connectivity index (χ3v) is 6.74. The van der Waals surface area contributed by atoms with E-state index in [0.717, 1.165) is 21.6 Å². The van der Waals surface area contributed by atoms with Crippen molar-refractivity contribution >= 4 is 28.4 Å². The number of rotatable bonds is 6. The molecule has 2 aromatic rings. The number of nitrogens with zero attached hydrogens (tertiary/aromatic N) is 1. The highest BCUT2D eigenvalue weighted by Crippen LogP contribution is 2.32. The van der Waals surface area contributed by atoms with Crippen LogP contribution in [-0.2, 0) is 17.5 Å². The van der Waals surface area contributed by atoms with Crippen molar-refractivity contribution in [3.8, 4) is 11.1 Å². The maximum absolute atomic E-state index is 12.3. The molecule has 0 fully saturated rings. The van der Waals surface area contributed by atoms with Gasteiger partial charge in [0.15, 0.2) is 0 Å². The first kappa shape index (κ1) is 20.6. The first-order chi connectivity index (χ1) is 12.1. The lowest BCUT2D eigenvalue weighted by molar-refractivity contribution is 0.154. The standard InChI is InChI=1S/C19H26N2O3S2/c1-13(20-26(24)19(2,3)4)17-10-15(12-25-17)16-9-7-6-8-14(16)11-21(5)18(22)23/h6-10,12-13,20H,11H2,1-5H3,(H,22,23). The summed E-state index contributed by atoms with van der Waals surface area (Å²) in [4.78, 5) is 13.5. The Kier molecular flexibility index (Phi) is 6.60. The Morgan fingerprint density at radius 1 is 1.35 bits per heavy atom. The number of amides is 1. The van der Waals surface area contributed by atoms with E-state index in [-0.39, 0.29) is 10.8 Å². The van der Waals surface area contributed by atoms with Gasteiger partial charge < -0.3 is 10.0 Å². The zero-order valence-electron chi connectivity index (χ0n) is 15.8. The van der Waals surface area contributed by atoms with Gasteiger partial charge in [0.25, 0.3) is 0 Å². The van der Waals surface area contributed by atoms with Crippen molar-refractivity contribution in [1.82, 2.24) is 9.62 Å². The fourth-order valence-corrected chi connectivity index (χ4v) is 4.17. The van der Waals surface area contributed by atoms with E-state index < -0.39 is 17.1 Å². The second kappa shape index (κ2) is 8.33. The molecule has 0 saturated heterocycles. The van der Waals surface area contributed by atoms with Gasteiger partial charge in [-0.2, -0.15) is 0 Å². The molecule has 7 heteroatoms. The smallest absolute Gasteiger partial charge is 0.407 e. The zero-order chi connectivity index (χ0) is 19.5. The van der Waals surface area contributed by atoms with Crippen LogP contribution in [0, 0.1) is 0 Å². The van der Waals surface area contributed by atoms with Gasteiger partial charge in [-0.05, 0) is 55.8 Å². The van der Waals surface area contributed by atoms with Gasteiger partial charge in [-0.1, -0.05) is 24.3 Å². The molecule has 2 unspecified atom stereocenters. The number of carbonyl (C=O) groups is 1. The molecule has 142 valence electrons. The molecular formula is C19H26N2O3S2. The summed E-state index contributed by atoms with van der Waals surface area (Å²) in [5.41, 5.74) is 3.03. The summed E-state index contributed by atoms with van der Waals surface area (Å²) >= 11 is 1.61. The molecule has 5 nitrogen and oxygen atoms in total. The average Bonchev–Trinajstić information content (AvgIpc) is 3.04. The minimum Gasteiger partial charge on any atom is -0.465 e. The molecule has 26 heavy (non-hydrogen) atoms. The topological polar surface area (TPSA) is 69.6 Å². The summed E-state index contributed by atoms with van der Waals surface area (Å²) in [6.07, 6.45) is -0.951. The normalized spacial score (nSPS) is 14.0. The molecule has 0 aliphatic heterocycles. The minimum atomic E-state index is -1.14. The zero-order valence-corrected chi connectivity index (χ0v) is 17.4. The van der Waals surface area contributed by atoms with E-state index >= 15 is 0 Å². The molecule has 1 heterocycles. The van der Waals surface area contributed by atoms with Gasteiger partial charge in [-0.15, -0.1) is 11.3 Å². The lowest BCUT2D eigenvalue weighted by atomic mass is 10.0. The fourth-order valence-electron chi connectivity index (χ4n) is 2.38. The summed E-state index contributed by atoms with van der Waals surface area (Å²) < 4.78 is 15.2. The Bertz CT molecular complexity index is 796. The number of thiophene rings is 1. The molecule has 2 rings (SSSR count). The largest absolute Gasteiger partial charge is 0.465 e. The van der Waals surface area contributed by atoms with E-state index in [9.17, 15) is 9.00 Å². The Hall–Kier alpha value is -1.70. The van der Waals surface area contributed by atoms with Crippen LogP contribution < -0.4 is 4.72 Å². The molecule has 2 N–H and O–H groups in total. The Balaban J connectivity index is 2.22. The van der Waals surface area contributed by atoms with Crippen molar-refractivity contribution in [2.24, 2.45) is 0 Å². The summed E-state index contributed by atoms with van der Waals surface area (Å²) in [6.45, 7) is 8.16. The molecule has 0 aliphatic rings. The van der Waals surface area contributed by atoms with Gasteiger partial charge in [0.2, 0.25) is 0 Å². The van der Waals surface area contributed by atoms with Gasteiger partial charge >= 0.3 is 6.09 Å². The molecular weight excluding hydrogens is 368 g/mol. The summed E-state index contributed by atoms with van der Waals surface area (Å²) in [5, 5.41) is 11.2. The highest BCUT2D eigenvalue weighted by Gasteiger charge is 2.22. The van der Waals surface area contributed by atoms with E-state index in [1.165, 1.54) is 4.90 Å². The predicted molar refractivity (Wildman–Crippen MR) is 109 cm³/mol. The molecule has 1 aromatic heterocycles. The Morgan fingerprint density at radius 2 is 2.00 bits per heavy atom. The van der Waals surface area contributed by atoms with Crippen molar-refractivity contribution in [3.05, 3.63) is 46.2 Å². The van der Waals surface area contributed by atoms with Crippen LogP contribution in [0.2, 0.25) is 0 Å². The third-order valence-electron chi connectivity index (χ3n) is 3.95. The van der Waals surface area contributed by atoms with Gasteiger partial charge in [0.1, 0.15) is 0 Å². The van der Waals surface area contributed by atoms with Gasteiger partial charge in [0, 0.05) is 18.5 Å². The van der Waals surface area contributed by atoms with Gasteiger partial charge in [-0.25, -0.2) is 13.7 Å². The second-order valence-electron chi connectivity index (χ2n) is 7.25. The third kappa shape index (κ3) is 5.16.